The Hall–Kier alpha value is -4.42. The minimum atomic E-state index is -0.939. The Labute approximate surface area is 262 Å². The molecule has 7 rings (SSSR count). The van der Waals surface area contributed by atoms with Crippen molar-refractivity contribution in [2.24, 2.45) is 5.92 Å². The van der Waals surface area contributed by atoms with Crippen LogP contribution in [0.25, 0.3) is 11.3 Å². The van der Waals surface area contributed by atoms with E-state index in [9.17, 15) is 0 Å². The van der Waals surface area contributed by atoms with E-state index in [2.05, 4.69) is 181 Å². The standard InChI is InChI=1S/C39H33N3P2/c1-30(36-28-17-29-37(36)43(32-20-9-3-10-21-32)33-22-11-4-12-23-33)42-39(38(40-41-42)31-18-7-2-8-19-31)44(34-24-13-5-14-25-34)35-26-15-6-16-27-35/h2-30,36H,1H3. The van der Waals surface area contributed by atoms with Crippen molar-refractivity contribution in [1.82, 2.24) is 15.0 Å². The van der Waals surface area contributed by atoms with Crippen LogP contribution in [0.5, 0.6) is 0 Å². The van der Waals surface area contributed by atoms with Gasteiger partial charge in [-0.15, -0.1) is 5.10 Å². The molecular formula is C39H33N3P2. The van der Waals surface area contributed by atoms with Gasteiger partial charge in [0.1, 0.15) is 5.69 Å². The maximum Gasteiger partial charge on any atom is 0.121 e. The second-order valence-corrected chi connectivity index (χ2v) is 15.2. The first-order chi connectivity index (χ1) is 21.8. The molecule has 0 radical (unpaired) electrons. The van der Waals surface area contributed by atoms with Gasteiger partial charge in [0.2, 0.25) is 0 Å². The third-order valence-corrected chi connectivity index (χ3v) is 13.1. The number of rotatable bonds is 9. The summed E-state index contributed by atoms with van der Waals surface area (Å²) in [6.45, 7) is 2.31. The highest BCUT2D eigenvalue weighted by molar-refractivity contribution is 7.80. The topological polar surface area (TPSA) is 30.7 Å². The largest absolute Gasteiger partial charge is 0.240 e. The summed E-state index contributed by atoms with van der Waals surface area (Å²) in [6.07, 6.45) is 6.95. The fourth-order valence-corrected chi connectivity index (χ4v) is 11.2. The summed E-state index contributed by atoms with van der Waals surface area (Å²) >= 11 is 0. The third-order valence-electron chi connectivity index (χ3n) is 8.08. The van der Waals surface area contributed by atoms with Crippen LogP contribution in [0.2, 0.25) is 0 Å². The molecule has 0 spiro atoms. The van der Waals surface area contributed by atoms with Crippen LogP contribution in [0, 0.1) is 5.92 Å². The number of benzene rings is 5. The molecule has 1 aromatic heterocycles. The van der Waals surface area contributed by atoms with Crippen LogP contribution in [0.4, 0.5) is 0 Å². The molecular weight excluding hydrogens is 572 g/mol. The minimum absolute atomic E-state index is 0.0508. The van der Waals surface area contributed by atoms with Crippen molar-refractivity contribution >= 4 is 42.5 Å². The summed E-state index contributed by atoms with van der Waals surface area (Å²) in [5.74, 6) is 0.175. The van der Waals surface area contributed by atoms with Gasteiger partial charge in [-0.05, 0) is 41.4 Å². The van der Waals surface area contributed by atoms with Crippen LogP contribution >= 0.6 is 15.8 Å². The van der Waals surface area contributed by atoms with Gasteiger partial charge in [-0.2, -0.15) is 0 Å². The van der Waals surface area contributed by atoms with E-state index < -0.39 is 15.8 Å². The van der Waals surface area contributed by atoms with Crippen molar-refractivity contribution in [3.05, 3.63) is 175 Å². The zero-order valence-corrected chi connectivity index (χ0v) is 26.3. The fourth-order valence-electron chi connectivity index (χ4n) is 5.97. The van der Waals surface area contributed by atoms with Gasteiger partial charge in [0.15, 0.2) is 0 Å². The first kappa shape index (κ1) is 28.4. The Morgan fingerprint density at radius 3 is 1.48 bits per heavy atom. The smallest absolute Gasteiger partial charge is 0.121 e. The van der Waals surface area contributed by atoms with Crippen molar-refractivity contribution in [2.45, 2.75) is 13.0 Å². The molecule has 1 aliphatic carbocycles. The molecule has 1 aliphatic rings. The predicted molar refractivity (Wildman–Crippen MR) is 189 cm³/mol. The number of hydrogen-bond acceptors (Lipinski definition) is 2. The maximum atomic E-state index is 4.98. The van der Waals surface area contributed by atoms with Crippen LogP contribution in [0.15, 0.2) is 175 Å². The van der Waals surface area contributed by atoms with Crippen molar-refractivity contribution in [3.8, 4) is 11.3 Å². The van der Waals surface area contributed by atoms with Crippen LogP contribution in [-0.4, -0.2) is 15.0 Å². The Morgan fingerprint density at radius 1 is 0.568 bits per heavy atom. The van der Waals surface area contributed by atoms with Crippen LogP contribution < -0.4 is 26.7 Å². The van der Waals surface area contributed by atoms with Crippen LogP contribution in [0.3, 0.4) is 0 Å². The highest BCUT2D eigenvalue weighted by Crippen LogP contribution is 2.52. The van der Waals surface area contributed by atoms with Crippen molar-refractivity contribution < 1.29 is 0 Å². The molecule has 0 bridgehead atoms. The second-order valence-electron chi connectivity index (χ2n) is 10.8. The quantitative estimate of drug-likeness (QED) is 0.160. The lowest BCUT2D eigenvalue weighted by atomic mass is 10.0. The molecule has 3 nitrogen and oxygen atoms in total. The Kier molecular flexibility index (Phi) is 8.42. The molecule has 0 saturated heterocycles. The second kappa shape index (κ2) is 13.1. The molecule has 5 aromatic carbocycles. The van der Waals surface area contributed by atoms with E-state index >= 15 is 0 Å². The van der Waals surface area contributed by atoms with Gasteiger partial charge in [0.25, 0.3) is 0 Å². The SMILES string of the molecule is CC(C1C=CC=C1P(c1ccccc1)c1ccccc1)n1nnc(-c2ccccc2)c1P(c1ccccc1)c1ccccc1. The van der Waals surface area contributed by atoms with Crippen LogP contribution in [0.1, 0.15) is 13.0 Å². The average Bonchev–Trinajstić information content (AvgIpc) is 3.76. The van der Waals surface area contributed by atoms with Gasteiger partial charge in [-0.25, -0.2) is 4.68 Å². The number of nitrogens with zero attached hydrogens (tertiary/aromatic N) is 3. The van der Waals surface area contributed by atoms with E-state index in [-0.39, 0.29) is 12.0 Å². The molecule has 5 heteroatoms. The molecule has 2 unspecified atom stereocenters. The summed E-state index contributed by atoms with van der Waals surface area (Å²) in [7, 11) is -1.66. The minimum Gasteiger partial charge on any atom is -0.240 e. The molecule has 0 fully saturated rings. The Balaban J connectivity index is 1.38. The Morgan fingerprint density at radius 2 is 1.00 bits per heavy atom. The van der Waals surface area contributed by atoms with E-state index in [1.165, 1.54) is 32.0 Å². The third kappa shape index (κ3) is 5.62. The molecule has 44 heavy (non-hydrogen) atoms. The predicted octanol–water partition coefficient (Wildman–Crippen LogP) is 7.47. The fraction of sp³-hybridized carbons (Fsp3) is 0.0769. The maximum absolute atomic E-state index is 4.98. The zero-order valence-electron chi connectivity index (χ0n) is 24.6. The van der Waals surface area contributed by atoms with Crippen molar-refractivity contribution in [1.29, 1.82) is 0 Å². The first-order valence-electron chi connectivity index (χ1n) is 15.0. The Bertz CT molecular complexity index is 1790. The molecule has 0 aliphatic heterocycles. The molecule has 214 valence electrons. The highest BCUT2D eigenvalue weighted by Gasteiger charge is 2.35. The molecule has 1 heterocycles. The van der Waals surface area contributed by atoms with E-state index in [1.54, 1.807) is 0 Å². The van der Waals surface area contributed by atoms with E-state index in [0.29, 0.717) is 0 Å². The van der Waals surface area contributed by atoms with E-state index in [1.807, 2.05) is 0 Å². The summed E-state index contributed by atoms with van der Waals surface area (Å²) in [6, 6.07) is 54.3. The van der Waals surface area contributed by atoms with E-state index in [0.717, 1.165) is 11.3 Å². The average molecular weight is 606 g/mol. The lowest BCUT2D eigenvalue weighted by Gasteiger charge is -2.30. The number of hydrogen-bond donors (Lipinski definition) is 0. The van der Waals surface area contributed by atoms with Gasteiger partial charge in [0, 0.05) is 19.4 Å². The highest BCUT2D eigenvalue weighted by atomic mass is 31.1. The molecule has 2 atom stereocenters. The molecule has 0 N–H and O–H groups in total. The monoisotopic (exact) mass is 605 g/mol. The molecule has 6 aromatic rings. The van der Waals surface area contributed by atoms with E-state index in [4.69, 9.17) is 10.3 Å². The summed E-state index contributed by atoms with van der Waals surface area (Å²) in [5.41, 5.74) is 3.23. The van der Waals surface area contributed by atoms with Gasteiger partial charge >= 0.3 is 0 Å². The van der Waals surface area contributed by atoms with Crippen LogP contribution in [-0.2, 0) is 0 Å². The van der Waals surface area contributed by atoms with Gasteiger partial charge in [-0.1, -0.05) is 175 Å². The number of aromatic nitrogens is 3. The van der Waals surface area contributed by atoms with Gasteiger partial charge in [0.05, 0.1) is 11.5 Å². The van der Waals surface area contributed by atoms with Crippen molar-refractivity contribution in [2.75, 3.05) is 0 Å². The summed E-state index contributed by atoms with van der Waals surface area (Å²) in [5, 5.41) is 16.6. The number of allylic oxidation sites excluding steroid dienone is 4. The lowest BCUT2D eigenvalue weighted by molar-refractivity contribution is 0.430. The molecule has 0 amide bonds. The molecule has 0 saturated carbocycles. The zero-order chi connectivity index (χ0) is 29.7. The first-order valence-corrected chi connectivity index (χ1v) is 17.7. The summed E-state index contributed by atoms with van der Waals surface area (Å²) in [4.78, 5) is 0. The summed E-state index contributed by atoms with van der Waals surface area (Å²) < 4.78 is 2.24. The van der Waals surface area contributed by atoms with Gasteiger partial charge < -0.3 is 0 Å². The lowest BCUT2D eigenvalue weighted by Crippen LogP contribution is -2.32. The van der Waals surface area contributed by atoms with Crippen molar-refractivity contribution in [3.63, 3.8) is 0 Å². The van der Waals surface area contributed by atoms with Gasteiger partial charge in [-0.3, -0.25) is 0 Å². The normalized spacial score (nSPS) is 15.1.